The predicted molar refractivity (Wildman–Crippen MR) is 242 cm³/mol. The number of nitrogens with zero attached hydrogens (tertiary/aromatic N) is 1. The molecule has 2 heterocycles. The third kappa shape index (κ3) is 4.39. The van der Waals surface area contributed by atoms with Crippen LogP contribution in [0.25, 0.3) is 65.4 Å². The molecular weight excluding hydrogens is 723 g/mol. The van der Waals surface area contributed by atoms with E-state index in [2.05, 4.69) is 205 Å². The molecule has 11 aromatic rings. The molecule has 0 bridgehead atoms. The molecule has 270 valence electrons. The van der Waals surface area contributed by atoms with Gasteiger partial charge in [-0.2, -0.15) is 0 Å². The van der Waals surface area contributed by atoms with E-state index in [9.17, 15) is 0 Å². The van der Waals surface area contributed by atoms with E-state index in [4.69, 9.17) is 4.42 Å². The van der Waals surface area contributed by atoms with E-state index in [1.807, 2.05) is 11.8 Å². The number of hydrogen-bond acceptors (Lipinski definition) is 3. The van der Waals surface area contributed by atoms with Crippen molar-refractivity contribution in [3.8, 4) is 11.1 Å². The van der Waals surface area contributed by atoms with Crippen LogP contribution in [0.2, 0.25) is 0 Å². The third-order valence-electron chi connectivity index (χ3n) is 12.6. The Labute approximate surface area is 339 Å². The second-order valence-electron chi connectivity index (χ2n) is 15.6. The SMILES string of the molecule is c1ccc2c(c1)Sc1ccc(N(c3ccc4ccccc4c3)c3ccc4c(c3)oc3cc5ccccc5cc34)cc1C21c2ccccc2-c2cccc3cccc1c23. The van der Waals surface area contributed by atoms with E-state index in [1.165, 1.54) is 75.5 Å². The molecule has 13 rings (SSSR count). The summed E-state index contributed by atoms with van der Waals surface area (Å²) in [4.78, 5) is 4.98. The molecule has 0 saturated heterocycles. The first kappa shape index (κ1) is 32.1. The van der Waals surface area contributed by atoms with E-state index < -0.39 is 5.41 Å². The van der Waals surface area contributed by atoms with Gasteiger partial charge in [0.2, 0.25) is 0 Å². The summed E-state index contributed by atoms with van der Waals surface area (Å²) in [5, 5.41) is 9.65. The summed E-state index contributed by atoms with van der Waals surface area (Å²) < 4.78 is 6.69. The molecule has 10 aromatic carbocycles. The van der Waals surface area contributed by atoms with Crippen LogP contribution in [-0.4, -0.2) is 0 Å². The Morgan fingerprint density at radius 2 is 0.948 bits per heavy atom. The summed E-state index contributed by atoms with van der Waals surface area (Å²) in [5.74, 6) is 0. The molecule has 0 fully saturated rings. The first-order chi connectivity index (χ1) is 28.7. The van der Waals surface area contributed by atoms with Gasteiger partial charge in [-0.3, -0.25) is 0 Å². The van der Waals surface area contributed by atoms with Gasteiger partial charge in [0, 0.05) is 43.7 Å². The summed E-state index contributed by atoms with van der Waals surface area (Å²) in [5.41, 5.74) is 12.3. The van der Waals surface area contributed by atoms with Crippen molar-refractivity contribution in [2.24, 2.45) is 0 Å². The van der Waals surface area contributed by atoms with Crippen LogP contribution in [0.15, 0.2) is 214 Å². The van der Waals surface area contributed by atoms with E-state index in [1.54, 1.807) is 0 Å². The lowest BCUT2D eigenvalue weighted by molar-refractivity contribution is 0.669. The van der Waals surface area contributed by atoms with Crippen LogP contribution in [0.5, 0.6) is 0 Å². The Morgan fingerprint density at radius 1 is 0.362 bits per heavy atom. The number of hydrogen-bond donors (Lipinski definition) is 0. The lowest BCUT2D eigenvalue weighted by Crippen LogP contribution is -2.36. The Balaban J connectivity index is 1.10. The maximum atomic E-state index is 6.69. The normalized spacial score (nSPS) is 15.2. The summed E-state index contributed by atoms with van der Waals surface area (Å²) >= 11 is 1.88. The van der Waals surface area contributed by atoms with Crippen molar-refractivity contribution in [1.82, 2.24) is 0 Å². The van der Waals surface area contributed by atoms with E-state index in [0.717, 1.165) is 39.0 Å². The molecule has 0 N–H and O–H groups in total. The van der Waals surface area contributed by atoms with E-state index in [0.29, 0.717) is 0 Å². The van der Waals surface area contributed by atoms with Crippen LogP contribution in [0.3, 0.4) is 0 Å². The molecule has 0 radical (unpaired) electrons. The van der Waals surface area contributed by atoms with Gasteiger partial charge < -0.3 is 9.32 Å². The first-order valence-corrected chi connectivity index (χ1v) is 20.7. The quantitative estimate of drug-likeness (QED) is 0.179. The number of rotatable bonds is 3. The van der Waals surface area contributed by atoms with Crippen LogP contribution in [0.4, 0.5) is 17.1 Å². The summed E-state index contributed by atoms with van der Waals surface area (Å²) in [6.45, 7) is 0. The molecule has 1 spiro atoms. The number of benzene rings is 10. The van der Waals surface area contributed by atoms with Gasteiger partial charge in [0.25, 0.3) is 0 Å². The van der Waals surface area contributed by atoms with Crippen LogP contribution >= 0.6 is 11.8 Å². The Bertz CT molecular complexity index is 3520. The molecule has 1 aliphatic carbocycles. The maximum absolute atomic E-state index is 6.69. The molecule has 3 heteroatoms. The molecule has 58 heavy (non-hydrogen) atoms. The van der Waals surface area contributed by atoms with Crippen molar-refractivity contribution < 1.29 is 4.42 Å². The fraction of sp³-hybridized carbons (Fsp3) is 0.0182. The molecule has 1 aliphatic heterocycles. The second kappa shape index (κ2) is 12.0. The number of anilines is 3. The molecule has 1 unspecified atom stereocenters. The van der Waals surface area contributed by atoms with Gasteiger partial charge in [-0.1, -0.05) is 145 Å². The summed E-state index contributed by atoms with van der Waals surface area (Å²) in [7, 11) is 0. The smallest absolute Gasteiger partial charge is 0.137 e. The molecule has 0 amide bonds. The van der Waals surface area contributed by atoms with Gasteiger partial charge >= 0.3 is 0 Å². The fourth-order valence-corrected chi connectivity index (χ4v) is 11.3. The van der Waals surface area contributed by atoms with Gasteiger partial charge in [0.15, 0.2) is 0 Å². The van der Waals surface area contributed by atoms with Crippen molar-refractivity contribution >= 4 is 83.1 Å². The van der Waals surface area contributed by atoms with E-state index >= 15 is 0 Å². The van der Waals surface area contributed by atoms with Crippen LogP contribution in [-0.2, 0) is 5.41 Å². The largest absolute Gasteiger partial charge is 0.456 e. The highest BCUT2D eigenvalue weighted by Crippen LogP contribution is 2.62. The summed E-state index contributed by atoms with van der Waals surface area (Å²) in [6, 6.07) is 74.1. The lowest BCUT2D eigenvalue weighted by atomic mass is 9.59. The van der Waals surface area contributed by atoms with Crippen LogP contribution < -0.4 is 4.90 Å². The Morgan fingerprint density at radius 3 is 1.83 bits per heavy atom. The molecule has 0 saturated carbocycles. The zero-order chi connectivity index (χ0) is 38.0. The van der Waals surface area contributed by atoms with E-state index in [-0.39, 0.29) is 0 Å². The molecular formula is C55H33NOS. The zero-order valence-corrected chi connectivity index (χ0v) is 32.1. The van der Waals surface area contributed by atoms with Gasteiger partial charge in [-0.25, -0.2) is 0 Å². The highest BCUT2D eigenvalue weighted by atomic mass is 32.2. The number of furan rings is 1. The topological polar surface area (TPSA) is 16.4 Å². The van der Waals surface area contributed by atoms with Gasteiger partial charge in [-0.05, 0) is 126 Å². The highest BCUT2D eigenvalue weighted by Gasteiger charge is 2.48. The first-order valence-electron chi connectivity index (χ1n) is 19.9. The lowest BCUT2D eigenvalue weighted by Gasteiger charge is -2.46. The third-order valence-corrected chi connectivity index (χ3v) is 13.8. The van der Waals surface area contributed by atoms with Gasteiger partial charge in [0.1, 0.15) is 11.2 Å². The molecule has 1 aromatic heterocycles. The average Bonchev–Trinajstić information content (AvgIpc) is 3.63. The maximum Gasteiger partial charge on any atom is 0.137 e. The Kier molecular flexibility index (Phi) is 6.62. The average molecular weight is 756 g/mol. The van der Waals surface area contributed by atoms with Gasteiger partial charge in [-0.15, -0.1) is 0 Å². The second-order valence-corrected chi connectivity index (χ2v) is 16.7. The van der Waals surface area contributed by atoms with Gasteiger partial charge in [0.05, 0.1) is 5.41 Å². The van der Waals surface area contributed by atoms with Crippen molar-refractivity contribution in [3.05, 3.63) is 222 Å². The predicted octanol–water partition coefficient (Wildman–Crippen LogP) is 15.3. The fourth-order valence-electron chi connectivity index (χ4n) is 10.2. The molecule has 2 nitrogen and oxygen atoms in total. The van der Waals surface area contributed by atoms with Crippen molar-refractivity contribution in [2.45, 2.75) is 15.2 Å². The Hall–Kier alpha value is -7.07. The van der Waals surface area contributed by atoms with Crippen molar-refractivity contribution in [3.63, 3.8) is 0 Å². The summed E-state index contributed by atoms with van der Waals surface area (Å²) in [6.07, 6.45) is 0. The monoisotopic (exact) mass is 755 g/mol. The minimum Gasteiger partial charge on any atom is -0.456 e. The van der Waals surface area contributed by atoms with Crippen molar-refractivity contribution in [1.29, 1.82) is 0 Å². The molecule has 1 atom stereocenters. The zero-order valence-electron chi connectivity index (χ0n) is 31.3. The standard InChI is InChI=1S/C55H33NOS/c1-2-12-36-29-39(24-23-34(36)11-1)56(41-25-27-43-45-30-37-13-3-4-14-38(37)31-50(45)57-51(43)33-41)40-26-28-53-49(32-40)55(47-20-7-8-22-52(47)58-53)46-19-6-5-17-42(46)44-18-9-15-35-16-10-21-48(55)54(35)44/h1-33H. The number of fused-ring (bicyclic) bond motifs is 13. The minimum atomic E-state index is -0.544. The van der Waals surface area contributed by atoms with Crippen LogP contribution in [0, 0.1) is 0 Å². The minimum absolute atomic E-state index is 0.544. The van der Waals surface area contributed by atoms with Crippen molar-refractivity contribution in [2.75, 3.05) is 4.90 Å². The highest BCUT2D eigenvalue weighted by molar-refractivity contribution is 7.99. The van der Waals surface area contributed by atoms with Crippen LogP contribution in [0.1, 0.15) is 22.3 Å². The molecule has 2 aliphatic rings.